The maximum absolute atomic E-state index is 12.7. The smallest absolute Gasteiger partial charge is 0.335 e. The molecule has 2 aromatic rings. The Bertz CT molecular complexity index is 617. The number of benzene rings is 1. The molecule has 0 aliphatic heterocycles. The first-order valence-corrected chi connectivity index (χ1v) is 6.31. The number of aromatic carboxylic acids is 1. The molecule has 0 atom stereocenters. The van der Waals surface area contributed by atoms with Crippen LogP contribution in [0.1, 0.15) is 15.9 Å². The second kappa shape index (κ2) is 6.34. The fourth-order valence-corrected chi connectivity index (χ4v) is 1.91. The normalized spacial score (nSPS) is 10.3. The molecule has 6 heteroatoms. The van der Waals surface area contributed by atoms with Gasteiger partial charge in [-0.25, -0.2) is 14.2 Å². The van der Waals surface area contributed by atoms with E-state index in [1.54, 1.807) is 12.1 Å². The lowest BCUT2D eigenvalue weighted by Gasteiger charge is -2.07. The molecule has 0 saturated heterocycles. The quantitative estimate of drug-likeness (QED) is 0.831. The standard InChI is InChI=1S/C14H12ClFN2O2/c15-12-7-10(14(19)20)8-13(18-12)17-6-5-9-1-3-11(16)4-2-9/h1-4,7-8H,5-6H2,(H,17,18)(H,19,20). The Labute approximate surface area is 120 Å². The lowest BCUT2D eigenvalue weighted by Crippen LogP contribution is -2.08. The van der Waals surface area contributed by atoms with Gasteiger partial charge in [0.2, 0.25) is 0 Å². The number of hydrogen-bond acceptors (Lipinski definition) is 3. The van der Waals surface area contributed by atoms with E-state index >= 15 is 0 Å². The van der Waals surface area contributed by atoms with Crippen molar-refractivity contribution in [2.24, 2.45) is 0 Å². The van der Waals surface area contributed by atoms with Crippen LogP contribution in [0.5, 0.6) is 0 Å². The van der Waals surface area contributed by atoms with Crippen LogP contribution in [-0.2, 0) is 6.42 Å². The zero-order chi connectivity index (χ0) is 14.5. The van der Waals surface area contributed by atoms with E-state index in [1.807, 2.05) is 0 Å². The number of nitrogens with zero attached hydrogens (tertiary/aromatic N) is 1. The lowest BCUT2D eigenvalue weighted by molar-refractivity contribution is 0.0697. The third-order valence-electron chi connectivity index (χ3n) is 2.67. The van der Waals surface area contributed by atoms with E-state index in [0.717, 1.165) is 5.56 Å². The molecule has 1 aromatic heterocycles. The molecule has 0 saturated carbocycles. The van der Waals surface area contributed by atoms with Gasteiger partial charge in [0.05, 0.1) is 5.56 Å². The Morgan fingerprint density at radius 1 is 1.30 bits per heavy atom. The predicted molar refractivity (Wildman–Crippen MR) is 74.8 cm³/mol. The molecule has 0 fully saturated rings. The van der Waals surface area contributed by atoms with Crippen molar-refractivity contribution in [2.45, 2.75) is 6.42 Å². The van der Waals surface area contributed by atoms with Gasteiger partial charge < -0.3 is 10.4 Å². The molecule has 104 valence electrons. The van der Waals surface area contributed by atoms with Gasteiger partial charge in [-0.1, -0.05) is 23.7 Å². The average molecular weight is 295 g/mol. The summed E-state index contributed by atoms with van der Waals surface area (Å²) >= 11 is 5.75. The van der Waals surface area contributed by atoms with Crippen LogP contribution in [0.2, 0.25) is 5.15 Å². The number of nitrogens with one attached hydrogen (secondary N) is 1. The predicted octanol–water partition coefficient (Wildman–Crippen LogP) is 3.23. The summed E-state index contributed by atoms with van der Waals surface area (Å²) in [6.07, 6.45) is 0.664. The maximum Gasteiger partial charge on any atom is 0.335 e. The van der Waals surface area contributed by atoms with Crippen molar-refractivity contribution >= 4 is 23.4 Å². The van der Waals surface area contributed by atoms with E-state index in [2.05, 4.69) is 10.3 Å². The Morgan fingerprint density at radius 2 is 2.00 bits per heavy atom. The van der Waals surface area contributed by atoms with Crippen LogP contribution in [0, 0.1) is 5.82 Å². The number of pyridine rings is 1. The van der Waals surface area contributed by atoms with Crippen molar-refractivity contribution in [2.75, 3.05) is 11.9 Å². The Hall–Kier alpha value is -2.14. The largest absolute Gasteiger partial charge is 0.478 e. The Balaban J connectivity index is 1.97. The molecule has 2 N–H and O–H groups in total. The lowest BCUT2D eigenvalue weighted by atomic mass is 10.1. The first kappa shape index (κ1) is 14.3. The summed E-state index contributed by atoms with van der Waals surface area (Å²) < 4.78 is 12.7. The van der Waals surface area contributed by atoms with E-state index in [-0.39, 0.29) is 16.5 Å². The highest BCUT2D eigenvalue weighted by Crippen LogP contribution is 2.14. The van der Waals surface area contributed by atoms with E-state index in [1.165, 1.54) is 24.3 Å². The van der Waals surface area contributed by atoms with Gasteiger partial charge in [0.1, 0.15) is 16.8 Å². The molecule has 1 aromatic carbocycles. The molecule has 0 radical (unpaired) electrons. The summed E-state index contributed by atoms with van der Waals surface area (Å²) in [5, 5.41) is 12.0. The maximum atomic E-state index is 12.7. The SMILES string of the molecule is O=C(O)c1cc(Cl)nc(NCCc2ccc(F)cc2)c1. The summed E-state index contributed by atoms with van der Waals surface area (Å²) in [7, 11) is 0. The van der Waals surface area contributed by atoms with Gasteiger partial charge in [0.15, 0.2) is 0 Å². The van der Waals surface area contributed by atoms with Crippen molar-refractivity contribution in [1.29, 1.82) is 0 Å². The van der Waals surface area contributed by atoms with E-state index < -0.39 is 5.97 Å². The first-order valence-electron chi connectivity index (χ1n) is 5.94. The van der Waals surface area contributed by atoms with Gasteiger partial charge in [-0.05, 0) is 36.2 Å². The molecule has 0 spiro atoms. The first-order chi connectivity index (χ1) is 9.54. The highest BCUT2D eigenvalue weighted by Gasteiger charge is 2.07. The topological polar surface area (TPSA) is 62.2 Å². The third-order valence-corrected chi connectivity index (χ3v) is 2.87. The van der Waals surface area contributed by atoms with Crippen LogP contribution in [-0.4, -0.2) is 22.6 Å². The molecule has 0 unspecified atom stereocenters. The van der Waals surface area contributed by atoms with Crippen LogP contribution in [0.3, 0.4) is 0 Å². The zero-order valence-corrected chi connectivity index (χ0v) is 11.2. The van der Waals surface area contributed by atoms with Gasteiger partial charge in [0, 0.05) is 6.54 Å². The molecular formula is C14H12ClFN2O2. The number of carboxylic acids is 1. The molecule has 0 aliphatic rings. The van der Waals surface area contributed by atoms with Crippen LogP contribution < -0.4 is 5.32 Å². The van der Waals surface area contributed by atoms with Crippen LogP contribution in [0.15, 0.2) is 36.4 Å². The molecule has 20 heavy (non-hydrogen) atoms. The minimum atomic E-state index is -1.06. The minimum Gasteiger partial charge on any atom is -0.478 e. The van der Waals surface area contributed by atoms with Gasteiger partial charge in [-0.15, -0.1) is 0 Å². The van der Waals surface area contributed by atoms with Crippen LogP contribution >= 0.6 is 11.6 Å². The van der Waals surface area contributed by atoms with E-state index in [0.29, 0.717) is 18.8 Å². The van der Waals surface area contributed by atoms with Crippen molar-refractivity contribution in [1.82, 2.24) is 4.98 Å². The number of hydrogen-bond donors (Lipinski definition) is 2. The van der Waals surface area contributed by atoms with E-state index in [4.69, 9.17) is 16.7 Å². The van der Waals surface area contributed by atoms with Gasteiger partial charge in [0.25, 0.3) is 0 Å². The monoisotopic (exact) mass is 294 g/mol. The summed E-state index contributed by atoms with van der Waals surface area (Å²) in [5.41, 5.74) is 1.05. The van der Waals surface area contributed by atoms with Gasteiger partial charge >= 0.3 is 5.97 Å². The Kier molecular flexibility index (Phi) is 4.53. The molecular weight excluding hydrogens is 283 g/mol. The number of halogens is 2. The van der Waals surface area contributed by atoms with Crippen molar-refractivity contribution in [3.8, 4) is 0 Å². The molecule has 0 amide bonds. The second-order valence-corrected chi connectivity index (χ2v) is 4.56. The average Bonchev–Trinajstić information content (AvgIpc) is 2.40. The van der Waals surface area contributed by atoms with E-state index in [9.17, 15) is 9.18 Å². The molecule has 0 bridgehead atoms. The third kappa shape index (κ3) is 3.93. The summed E-state index contributed by atoms with van der Waals surface area (Å²) in [4.78, 5) is 14.9. The second-order valence-electron chi connectivity index (χ2n) is 4.17. The molecule has 2 rings (SSSR count). The van der Waals surface area contributed by atoms with Crippen LogP contribution in [0.25, 0.3) is 0 Å². The number of anilines is 1. The van der Waals surface area contributed by atoms with Gasteiger partial charge in [-0.3, -0.25) is 0 Å². The Morgan fingerprint density at radius 3 is 2.65 bits per heavy atom. The number of rotatable bonds is 5. The molecule has 1 heterocycles. The van der Waals surface area contributed by atoms with Crippen LogP contribution in [0.4, 0.5) is 10.2 Å². The highest BCUT2D eigenvalue weighted by atomic mass is 35.5. The van der Waals surface area contributed by atoms with Crippen molar-refractivity contribution in [3.63, 3.8) is 0 Å². The summed E-state index contributed by atoms with van der Waals surface area (Å²) in [6, 6.07) is 8.90. The number of carbonyl (C=O) groups is 1. The number of carboxylic acid groups (broad SMARTS) is 1. The van der Waals surface area contributed by atoms with Gasteiger partial charge in [-0.2, -0.15) is 0 Å². The zero-order valence-electron chi connectivity index (χ0n) is 10.4. The number of aromatic nitrogens is 1. The fourth-order valence-electron chi connectivity index (χ4n) is 1.70. The summed E-state index contributed by atoms with van der Waals surface area (Å²) in [6.45, 7) is 0.540. The van der Waals surface area contributed by atoms with Crippen molar-refractivity contribution < 1.29 is 14.3 Å². The molecule has 0 aliphatic carbocycles. The summed E-state index contributed by atoms with van der Waals surface area (Å²) in [5.74, 6) is -0.933. The fraction of sp³-hybridized carbons (Fsp3) is 0.143. The minimum absolute atomic E-state index is 0.0780. The highest BCUT2D eigenvalue weighted by molar-refractivity contribution is 6.29. The molecule has 4 nitrogen and oxygen atoms in total. The van der Waals surface area contributed by atoms with Crippen molar-refractivity contribution in [3.05, 3.63) is 58.5 Å².